The molecule has 8 heteroatoms. The van der Waals surface area contributed by atoms with Crippen LogP contribution in [0.4, 0.5) is 18.9 Å². The molecule has 0 aliphatic rings. The van der Waals surface area contributed by atoms with Crippen LogP contribution in [0.2, 0.25) is 4.34 Å². The standard InChI is InChI=1S/C13H7BrClF3N2S/c14-10-4-9(21-12(10)15)6-20-11-2-1-8(13(16,17)18)3-7(11)5-19/h1-4,20H,6H2. The Balaban J connectivity index is 2.19. The Morgan fingerprint density at radius 3 is 2.57 bits per heavy atom. The molecule has 1 N–H and O–H groups in total. The van der Waals surface area contributed by atoms with Gasteiger partial charge in [0.1, 0.15) is 10.4 Å². The van der Waals surface area contributed by atoms with Crippen molar-refractivity contribution in [3.05, 3.63) is 49.1 Å². The third-order valence-corrected chi connectivity index (χ3v) is 5.09. The van der Waals surface area contributed by atoms with Crippen LogP contribution in [-0.2, 0) is 12.7 Å². The molecule has 110 valence electrons. The number of nitriles is 1. The molecule has 0 aliphatic carbocycles. The molecule has 0 spiro atoms. The van der Waals surface area contributed by atoms with Crippen molar-refractivity contribution in [3.8, 4) is 6.07 Å². The molecule has 2 rings (SSSR count). The van der Waals surface area contributed by atoms with E-state index in [0.717, 1.165) is 21.5 Å². The number of hydrogen-bond donors (Lipinski definition) is 1. The highest BCUT2D eigenvalue weighted by molar-refractivity contribution is 9.10. The molecule has 21 heavy (non-hydrogen) atoms. The largest absolute Gasteiger partial charge is 0.416 e. The smallest absolute Gasteiger partial charge is 0.379 e. The van der Waals surface area contributed by atoms with E-state index in [4.69, 9.17) is 16.9 Å². The van der Waals surface area contributed by atoms with E-state index in [1.165, 1.54) is 17.4 Å². The molecule has 0 saturated heterocycles. The second-order valence-corrected chi connectivity index (χ2v) is 6.65. The normalized spacial score (nSPS) is 11.2. The summed E-state index contributed by atoms with van der Waals surface area (Å²) in [5.41, 5.74) is -0.538. The second-order valence-electron chi connectivity index (χ2n) is 4.06. The van der Waals surface area contributed by atoms with Gasteiger partial charge in [-0.3, -0.25) is 0 Å². The summed E-state index contributed by atoms with van der Waals surface area (Å²) >= 11 is 10.5. The molecule has 1 aromatic heterocycles. The van der Waals surface area contributed by atoms with E-state index in [9.17, 15) is 13.2 Å². The Morgan fingerprint density at radius 1 is 1.33 bits per heavy atom. The average molecular weight is 396 g/mol. The summed E-state index contributed by atoms with van der Waals surface area (Å²) in [6, 6.07) is 6.62. The maximum atomic E-state index is 12.6. The summed E-state index contributed by atoms with van der Waals surface area (Å²) in [6.45, 7) is 0.371. The van der Waals surface area contributed by atoms with Gasteiger partial charge in [0.15, 0.2) is 0 Å². The number of anilines is 1. The third-order valence-electron chi connectivity index (χ3n) is 2.62. The highest BCUT2D eigenvalue weighted by Crippen LogP contribution is 2.34. The van der Waals surface area contributed by atoms with Crippen LogP contribution < -0.4 is 5.32 Å². The molecule has 0 fully saturated rings. The highest BCUT2D eigenvalue weighted by Gasteiger charge is 2.31. The monoisotopic (exact) mass is 394 g/mol. The van der Waals surface area contributed by atoms with Gasteiger partial charge in [0.05, 0.1) is 16.8 Å². The second kappa shape index (κ2) is 6.26. The van der Waals surface area contributed by atoms with Crippen LogP contribution in [0.15, 0.2) is 28.7 Å². The SMILES string of the molecule is N#Cc1cc(C(F)(F)F)ccc1NCc1cc(Br)c(Cl)s1. The Kier molecular flexibility index (Phi) is 4.81. The van der Waals surface area contributed by atoms with Crippen LogP contribution >= 0.6 is 38.9 Å². The molecule has 1 aromatic carbocycles. The minimum absolute atomic E-state index is 0.0495. The van der Waals surface area contributed by atoms with Crippen molar-refractivity contribution in [2.24, 2.45) is 0 Å². The molecule has 0 saturated carbocycles. The molecule has 0 bridgehead atoms. The molecule has 0 radical (unpaired) electrons. The summed E-state index contributed by atoms with van der Waals surface area (Å²) in [7, 11) is 0. The van der Waals surface area contributed by atoms with E-state index in [1.54, 1.807) is 6.07 Å². The minimum atomic E-state index is -4.46. The lowest BCUT2D eigenvalue weighted by Gasteiger charge is -2.11. The van der Waals surface area contributed by atoms with Crippen LogP contribution in [0, 0.1) is 11.3 Å². The van der Waals surface area contributed by atoms with Crippen molar-refractivity contribution in [1.82, 2.24) is 0 Å². The van der Waals surface area contributed by atoms with Crippen LogP contribution in [0.5, 0.6) is 0 Å². The van der Waals surface area contributed by atoms with Crippen LogP contribution in [-0.4, -0.2) is 0 Å². The van der Waals surface area contributed by atoms with Gasteiger partial charge in [0, 0.05) is 15.9 Å². The first-order chi connectivity index (χ1) is 9.81. The van der Waals surface area contributed by atoms with Crippen molar-refractivity contribution >= 4 is 44.6 Å². The van der Waals surface area contributed by atoms with E-state index in [2.05, 4.69) is 21.2 Å². The van der Waals surface area contributed by atoms with Crippen molar-refractivity contribution in [2.45, 2.75) is 12.7 Å². The average Bonchev–Trinajstić information content (AvgIpc) is 2.74. The highest BCUT2D eigenvalue weighted by atomic mass is 79.9. The molecular formula is C13H7BrClF3N2S. The zero-order valence-corrected chi connectivity index (χ0v) is 13.4. The van der Waals surface area contributed by atoms with E-state index in [-0.39, 0.29) is 5.56 Å². The topological polar surface area (TPSA) is 35.8 Å². The first kappa shape index (κ1) is 16.1. The van der Waals surface area contributed by atoms with Gasteiger partial charge in [-0.2, -0.15) is 18.4 Å². The number of hydrogen-bond acceptors (Lipinski definition) is 3. The van der Waals surface area contributed by atoms with Gasteiger partial charge in [0.2, 0.25) is 0 Å². The lowest BCUT2D eigenvalue weighted by Crippen LogP contribution is -2.07. The Hall–Kier alpha value is -1.23. The summed E-state index contributed by atoms with van der Waals surface area (Å²) in [4.78, 5) is 0.899. The van der Waals surface area contributed by atoms with Crippen molar-refractivity contribution in [2.75, 3.05) is 5.32 Å². The fourth-order valence-corrected chi connectivity index (χ4v) is 3.36. The van der Waals surface area contributed by atoms with Gasteiger partial charge < -0.3 is 5.32 Å². The van der Waals surface area contributed by atoms with Crippen LogP contribution in [0.3, 0.4) is 0 Å². The Morgan fingerprint density at radius 2 is 2.05 bits per heavy atom. The van der Waals surface area contributed by atoms with Crippen molar-refractivity contribution < 1.29 is 13.2 Å². The van der Waals surface area contributed by atoms with Gasteiger partial charge >= 0.3 is 6.18 Å². The maximum Gasteiger partial charge on any atom is 0.416 e. The van der Waals surface area contributed by atoms with E-state index < -0.39 is 11.7 Å². The molecule has 0 amide bonds. The molecule has 2 aromatic rings. The summed E-state index contributed by atoms with van der Waals surface area (Å²) in [5.74, 6) is 0. The van der Waals surface area contributed by atoms with Crippen molar-refractivity contribution in [1.29, 1.82) is 5.26 Å². The summed E-state index contributed by atoms with van der Waals surface area (Å²) in [6.07, 6.45) is -4.46. The summed E-state index contributed by atoms with van der Waals surface area (Å²) in [5, 5.41) is 11.9. The van der Waals surface area contributed by atoms with Crippen molar-refractivity contribution in [3.63, 3.8) is 0 Å². The Labute approximate surface area is 136 Å². The predicted molar refractivity (Wildman–Crippen MR) is 80.5 cm³/mol. The molecule has 0 aliphatic heterocycles. The molecule has 0 unspecified atom stereocenters. The first-order valence-corrected chi connectivity index (χ1v) is 7.59. The van der Waals surface area contributed by atoms with Crippen LogP contribution in [0.1, 0.15) is 16.0 Å². The number of rotatable bonds is 3. The number of nitrogens with zero attached hydrogens (tertiary/aromatic N) is 1. The van der Waals surface area contributed by atoms with E-state index in [0.29, 0.717) is 16.6 Å². The number of halogens is 5. The van der Waals surface area contributed by atoms with Gasteiger partial charge in [0.25, 0.3) is 0 Å². The third kappa shape index (κ3) is 3.90. The van der Waals surface area contributed by atoms with Crippen LogP contribution in [0.25, 0.3) is 0 Å². The first-order valence-electron chi connectivity index (χ1n) is 5.60. The van der Waals surface area contributed by atoms with Gasteiger partial charge in [-0.05, 0) is 40.2 Å². The molecular weight excluding hydrogens is 389 g/mol. The zero-order valence-electron chi connectivity index (χ0n) is 10.3. The maximum absolute atomic E-state index is 12.6. The van der Waals surface area contributed by atoms with E-state index >= 15 is 0 Å². The zero-order chi connectivity index (χ0) is 15.6. The fraction of sp³-hybridized carbons (Fsp3) is 0.154. The van der Waals surface area contributed by atoms with Gasteiger partial charge in [-0.25, -0.2) is 0 Å². The molecule has 0 atom stereocenters. The number of alkyl halides is 3. The van der Waals surface area contributed by atoms with Gasteiger partial charge in [-0.1, -0.05) is 11.6 Å². The van der Waals surface area contributed by atoms with E-state index in [1.807, 2.05) is 6.07 Å². The number of nitrogens with one attached hydrogen (secondary N) is 1. The lowest BCUT2D eigenvalue weighted by molar-refractivity contribution is -0.137. The van der Waals surface area contributed by atoms with Gasteiger partial charge in [-0.15, -0.1) is 11.3 Å². The number of thiophene rings is 1. The predicted octanol–water partition coefficient (Wildman–Crippen LogP) is 5.67. The molecule has 1 heterocycles. The lowest BCUT2D eigenvalue weighted by atomic mass is 10.1. The quantitative estimate of drug-likeness (QED) is 0.727. The number of benzene rings is 1. The fourth-order valence-electron chi connectivity index (χ4n) is 1.63. The summed E-state index contributed by atoms with van der Waals surface area (Å²) < 4.78 is 39.1. The molecule has 2 nitrogen and oxygen atoms in total. The minimum Gasteiger partial charge on any atom is -0.379 e. The Bertz CT molecular complexity index is 687.